The highest BCUT2D eigenvalue weighted by Crippen LogP contribution is 2.28. The first-order valence-corrected chi connectivity index (χ1v) is 8.93. The van der Waals surface area contributed by atoms with Gasteiger partial charge in [0.05, 0.1) is 0 Å². The number of carbonyl (C=O) groups excluding carboxylic acids is 1. The van der Waals surface area contributed by atoms with E-state index in [2.05, 4.69) is 29.0 Å². The highest BCUT2D eigenvalue weighted by Gasteiger charge is 2.22. The summed E-state index contributed by atoms with van der Waals surface area (Å²) in [5.74, 6) is 1.42. The lowest BCUT2D eigenvalue weighted by Crippen LogP contribution is -2.25. The Kier molecular flexibility index (Phi) is 4.07. The molecule has 26 heavy (non-hydrogen) atoms. The van der Waals surface area contributed by atoms with Crippen LogP contribution >= 0.6 is 0 Å². The summed E-state index contributed by atoms with van der Waals surface area (Å²) in [7, 11) is 0. The van der Waals surface area contributed by atoms with Gasteiger partial charge >= 0.3 is 0 Å². The number of fused-ring (bicyclic) bond motifs is 1. The first-order chi connectivity index (χ1) is 12.5. The van der Waals surface area contributed by atoms with E-state index >= 15 is 0 Å². The minimum absolute atomic E-state index is 0.00808. The van der Waals surface area contributed by atoms with Crippen LogP contribution in [-0.4, -0.2) is 27.0 Å². The van der Waals surface area contributed by atoms with Gasteiger partial charge in [0.2, 0.25) is 0 Å². The van der Waals surface area contributed by atoms with E-state index in [4.69, 9.17) is 0 Å². The summed E-state index contributed by atoms with van der Waals surface area (Å²) in [5, 5.41) is 11.5. The molecular formula is C21H22N4O. The maximum atomic E-state index is 12.4. The normalized spacial score (nSPS) is 13.8. The van der Waals surface area contributed by atoms with Crippen LogP contribution < -0.4 is 5.32 Å². The Bertz CT molecular complexity index is 1010. The van der Waals surface area contributed by atoms with E-state index in [9.17, 15) is 4.79 Å². The van der Waals surface area contributed by atoms with Crippen molar-refractivity contribution < 1.29 is 4.79 Å². The van der Waals surface area contributed by atoms with Gasteiger partial charge in [0.1, 0.15) is 0 Å². The number of hydrogen-bond acceptors (Lipinski definition) is 3. The van der Waals surface area contributed by atoms with Gasteiger partial charge in [0, 0.05) is 18.3 Å². The molecule has 3 aromatic rings. The molecule has 1 saturated carbocycles. The average Bonchev–Trinajstić information content (AvgIpc) is 3.36. The van der Waals surface area contributed by atoms with Gasteiger partial charge in [-0.25, -0.2) is 0 Å². The molecule has 0 bridgehead atoms. The predicted molar refractivity (Wildman–Crippen MR) is 103 cm³/mol. The van der Waals surface area contributed by atoms with Crippen molar-refractivity contribution in [3.05, 3.63) is 60.1 Å². The van der Waals surface area contributed by atoms with Gasteiger partial charge < -0.3 is 5.32 Å². The Labute approximate surface area is 152 Å². The molecule has 1 fully saturated rings. The summed E-state index contributed by atoms with van der Waals surface area (Å²) >= 11 is 0. The summed E-state index contributed by atoms with van der Waals surface area (Å²) in [6.45, 7) is 8.68. The number of rotatable bonds is 5. The van der Waals surface area contributed by atoms with E-state index in [-0.39, 0.29) is 5.91 Å². The van der Waals surface area contributed by atoms with Crippen molar-refractivity contribution in [3.8, 4) is 11.1 Å². The Hall–Kier alpha value is -2.95. The number of carbonyl (C=O) groups is 1. The van der Waals surface area contributed by atoms with Gasteiger partial charge in [0.15, 0.2) is 11.5 Å². The van der Waals surface area contributed by atoms with Crippen molar-refractivity contribution in [2.75, 3.05) is 6.54 Å². The smallest absolute Gasteiger partial charge is 0.251 e. The molecule has 0 atom stereocenters. The highest BCUT2D eigenvalue weighted by molar-refractivity contribution is 5.95. The van der Waals surface area contributed by atoms with Gasteiger partial charge in [-0.2, -0.15) is 0 Å². The van der Waals surface area contributed by atoms with Crippen LogP contribution in [0.3, 0.4) is 0 Å². The molecule has 1 N–H and O–H groups in total. The van der Waals surface area contributed by atoms with E-state index in [1.54, 1.807) is 0 Å². The number of hydrogen-bond donors (Lipinski definition) is 1. The number of allylic oxidation sites excluding steroid dienone is 1. The maximum Gasteiger partial charge on any atom is 0.251 e. The topological polar surface area (TPSA) is 59.3 Å². The lowest BCUT2D eigenvalue weighted by atomic mass is 9.98. The maximum absolute atomic E-state index is 12.4. The molecule has 1 aliphatic carbocycles. The lowest BCUT2D eigenvalue weighted by molar-refractivity contribution is 0.0952. The monoisotopic (exact) mass is 346 g/mol. The molecule has 132 valence electrons. The SMILES string of the molecule is C=C(C)c1nnc2cc(-c3cc(C(=O)NCC4CC4)ccc3C)ccn12. The second kappa shape index (κ2) is 6.41. The van der Waals surface area contributed by atoms with Crippen LogP contribution in [0.2, 0.25) is 0 Å². The first kappa shape index (κ1) is 16.5. The van der Waals surface area contributed by atoms with E-state index in [0.717, 1.165) is 40.3 Å². The first-order valence-electron chi connectivity index (χ1n) is 8.93. The molecule has 4 rings (SSSR count). The molecule has 0 spiro atoms. The van der Waals surface area contributed by atoms with Gasteiger partial charge in [-0.3, -0.25) is 9.20 Å². The van der Waals surface area contributed by atoms with Crippen LogP contribution in [0.4, 0.5) is 0 Å². The number of nitrogens with one attached hydrogen (secondary N) is 1. The molecule has 0 aliphatic heterocycles. The van der Waals surface area contributed by atoms with Crippen molar-refractivity contribution >= 4 is 17.1 Å². The van der Waals surface area contributed by atoms with E-state index in [1.807, 2.05) is 47.9 Å². The zero-order chi connectivity index (χ0) is 18.3. The molecule has 0 unspecified atom stereocenters. The third-order valence-electron chi connectivity index (χ3n) is 4.85. The van der Waals surface area contributed by atoms with Crippen molar-refractivity contribution in [2.45, 2.75) is 26.7 Å². The summed E-state index contributed by atoms with van der Waals surface area (Å²) < 4.78 is 1.92. The molecular weight excluding hydrogens is 324 g/mol. The van der Waals surface area contributed by atoms with Crippen molar-refractivity contribution in [2.24, 2.45) is 5.92 Å². The van der Waals surface area contributed by atoms with Crippen LogP contribution in [-0.2, 0) is 0 Å². The quantitative estimate of drug-likeness (QED) is 0.763. The fourth-order valence-corrected chi connectivity index (χ4v) is 3.08. The molecule has 1 aliphatic rings. The van der Waals surface area contributed by atoms with Crippen molar-refractivity contribution in [3.63, 3.8) is 0 Å². The van der Waals surface area contributed by atoms with E-state index in [1.165, 1.54) is 12.8 Å². The summed E-state index contributed by atoms with van der Waals surface area (Å²) in [5.41, 5.74) is 5.50. The number of aromatic nitrogens is 3. The summed E-state index contributed by atoms with van der Waals surface area (Å²) in [6, 6.07) is 9.86. The zero-order valence-electron chi connectivity index (χ0n) is 15.1. The molecule has 2 heterocycles. The Morgan fingerprint density at radius 3 is 2.81 bits per heavy atom. The minimum Gasteiger partial charge on any atom is -0.352 e. The molecule has 1 amide bonds. The zero-order valence-corrected chi connectivity index (χ0v) is 15.1. The Morgan fingerprint density at radius 2 is 2.08 bits per heavy atom. The standard InChI is InChI=1S/C21H22N4O/c1-13(2)20-24-23-19-11-16(8-9-25(19)20)18-10-17(7-4-14(18)3)21(26)22-12-15-5-6-15/h4,7-11,15H,1,5-6,12H2,2-3H3,(H,22,26). The van der Waals surface area contributed by atoms with Crippen LogP contribution in [0.25, 0.3) is 22.3 Å². The minimum atomic E-state index is -0.00808. The molecule has 5 nitrogen and oxygen atoms in total. The number of nitrogens with zero attached hydrogens (tertiary/aromatic N) is 3. The average molecular weight is 346 g/mol. The van der Waals surface area contributed by atoms with E-state index < -0.39 is 0 Å². The highest BCUT2D eigenvalue weighted by atomic mass is 16.1. The number of pyridine rings is 1. The van der Waals surface area contributed by atoms with Gasteiger partial charge in [-0.05, 0) is 79.1 Å². The second-order valence-electron chi connectivity index (χ2n) is 7.13. The summed E-state index contributed by atoms with van der Waals surface area (Å²) in [6.07, 6.45) is 4.40. The van der Waals surface area contributed by atoms with Crippen molar-refractivity contribution in [1.82, 2.24) is 19.9 Å². The predicted octanol–water partition coefficient (Wildman–Crippen LogP) is 3.88. The number of benzene rings is 1. The molecule has 2 aromatic heterocycles. The van der Waals surface area contributed by atoms with Gasteiger partial charge in [0.25, 0.3) is 5.91 Å². The van der Waals surface area contributed by atoms with Gasteiger partial charge in [-0.1, -0.05) is 12.6 Å². The van der Waals surface area contributed by atoms with Crippen LogP contribution in [0.15, 0.2) is 43.1 Å². The Morgan fingerprint density at radius 1 is 1.27 bits per heavy atom. The summed E-state index contributed by atoms with van der Waals surface area (Å²) in [4.78, 5) is 12.4. The number of amides is 1. The van der Waals surface area contributed by atoms with Gasteiger partial charge in [-0.15, -0.1) is 10.2 Å². The lowest BCUT2D eigenvalue weighted by Gasteiger charge is -2.10. The molecule has 0 saturated heterocycles. The van der Waals surface area contributed by atoms with Crippen LogP contribution in [0.5, 0.6) is 0 Å². The van der Waals surface area contributed by atoms with Crippen molar-refractivity contribution in [1.29, 1.82) is 0 Å². The molecule has 5 heteroatoms. The van der Waals surface area contributed by atoms with E-state index in [0.29, 0.717) is 11.5 Å². The largest absolute Gasteiger partial charge is 0.352 e. The van der Waals surface area contributed by atoms with Crippen LogP contribution in [0, 0.1) is 12.8 Å². The molecule has 1 aromatic carbocycles. The fourth-order valence-electron chi connectivity index (χ4n) is 3.08. The third kappa shape index (κ3) is 3.12. The van der Waals surface area contributed by atoms with Crippen LogP contribution in [0.1, 0.15) is 41.5 Å². The fraction of sp³-hybridized carbons (Fsp3) is 0.286. The Balaban J connectivity index is 1.67. The third-order valence-corrected chi connectivity index (χ3v) is 4.85. The molecule has 0 radical (unpaired) electrons. The number of aryl methyl sites for hydroxylation is 1. The second-order valence-corrected chi connectivity index (χ2v) is 7.13.